The maximum atomic E-state index is 11.9. The molecule has 0 aliphatic rings. The summed E-state index contributed by atoms with van der Waals surface area (Å²) < 4.78 is 6.66. The lowest BCUT2D eigenvalue weighted by Gasteiger charge is -2.04. The van der Waals surface area contributed by atoms with Gasteiger partial charge in [0.15, 0.2) is 5.58 Å². The molecule has 0 spiro atoms. The average molecular weight is 265 g/mol. The van der Waals surface area contributed by atoms with E-state index in [1.54, 1.807) is 30.3 Å². The smallest absolute Gasteiger partial charge is 0.408 e. The zero-order valence-electron chi connectivity index (χ0n) is 10.5. The molecule has 3 aromatic rings. The van der Waals surface area contributed by atoms with Crippen LogP contribution < -0.4 is 11.5 Å². The number of anilines is 1. The molecule has 0 unspecified atom stereocenters. The zero-order valence-corrected chi connectivity index (χ0v) is 10.5. The number of rotatable bonds is 2. The summed E-state index contributed by atoms with van der Waals surface area (Å²) in [5.41, 5.74) is 8.96. The first kappa shape index (κ1) is 12.1. The fourth-order valence-electron chi connectivity index (χ4n) is 2.16. The minimum absolute atomic E-state index is 0.353. The predicted octanol–water partition coefficient (Wildman–Crippen LogP) is 2.10. The first-order chi connectivity index (χ1) is 9.69. The molecule has 0 saturated heterocycles. The van der Waals surface area contributed by atoms with E-state index < -0.39 is 5.76 Å². The number of hydrogen-bond acceptors (Lipinski definition) is 4. The van der Waals surface area contributed by atoms with Crippen LogP contribution in [0.5, 0.6) is 0 Å². The third-order valence-electron chi connectivity index (χ3n) is 3.14. The van der Waals surface area contributed by atoms with Crippen LogP contribution in [0.25, 0.3) is 11.1 Å². The number of benzene rings is 2. The maximum absolute atomic E-state index is 11.9. The van der Waals surface area contributed by atoms with E-state index in [4.69, 9.17) is 15.4 Å². The van der Waals surface area contributed by atoms with Crippen LogP contribution in [0.15, 0.2) is 51.7 Å². The van der Waals surface area contributed by atoms with Gasteiger partial charge in [0, 0.05) is 0 Å². The van der Waals surface area contributed by atoms with Crippen LogP contribution in [-0.4, -0.2) is 4.57 Å². The third-order valence-corrected chi connectivity index (χ3v) is 3.14. The molecule has 98 valence electrons. The van der Waals surface area contributed by atoms with Crippen molar-refractivity contribution < 1.29 is 4.42 Å². The molecule has 0 amide bonds. The van der Waals surface area contributed by atoms with Gasteiger partial charge in [0.2, 0.25) is 0 Å². The molecule has 5 nitrogen and oxygen atoms in total. The Bertz CT molecular complexity index is 867. The van der Waals surface area contributed by atoms with Crippen LogP contribution in [0.2, 0.25) is 0 Å². The molecule has 3 rings (SSSR count). The Kier molecular flexibility index (Phi) is 2.77. The maximum Gasteiger partial charge on any atom is 0.420 e. The van der Waals surface area contributed by atoms with E-state index >= 15 is 0 Å². The fourth-order valence-corrected chi connectivity index (χ4v) is 2.16. The monoisotopic (exact) mass is 265 g/mol. The Hall–Kier alpha value is -3.00. The summed E-state index contributed by atoms with van der Waals surface area (Å²) in [6.45, 7) is 0.353. The van der Waals surface area contributed by atoms with E-state index in [9.17, 15) is 4.79 Å². The van der Waals surface area contributed by atoms with Gasteiger partial charge in [0.05, 0.1) is 23.9 Å². The van der Waals surface area contributed by atoms with Crippen LogP contribution in [0, 0.1) is 11.3 Å². The summed E-state index contributed by atoms with van der Waals surface area (Å²) in [6.07, 6.45) is 0. The van der Waals surface area contributed by atoms with Crippen LogP contribution in [0.4, 0.5) is 5.69 Å². The number of fused-ring (bicyclic) bond motifs is 1. The molecule has 2 N–H and O–H groups in total. The summed E-state index contributed by atoms with van der Waals surface area (Å²) >= 11 is 0. The van der Waals surface area contributed by atoms with E-state index in [0.717, 1.165) is 5.56 Å². The van der Waals surface area contributed by atoms with Gasteiger partial charge in [-0.15, -0.1) is 0 Å². The summed E-state index contributed by atoms with van der Waals surface area (Å²) in [5.74, 6) is -0.442. The summed E-state index contributed by atoms with van der Waals surface area (Å²) in [6, 6.07) is 14.3. The molecule has 0 fully saturated rings. The molecule has 5 heteroatoms. The van der Waals surface area contributed by atoms with Gasteiger partial charge < -0.3 is 10.2 Å². The number of oxazole rings is 1. The highest BCUT2D eigenvalue weighted by atomic mass is 16.4. The highest BCUT2D eigenvalue weighted by Crippen LogP contribution is 2.20. The third kappa shape index (κ3) is 1.93. The van der Waals surface area contributed by atoms with Crippen molar-refractivity contribution in [1.29, 1.82) is 5.26 Å². The van der Waals surface area contributed by atoms with E-state index in [-0.39, 0.29) is 0 Å². The van der Waals surface area contributed by atoms with Crippen LogP contribution in [-0.2, 0) is 6.54 Å². The minimum Gasteiger partial charge on any atom is -0.408 e. The van der Waals surface area contributed by atoms with Crippen molar-refractivity contribution in [3.63, 3.8) is 0 Å². The predicted molar refractivity (Wildman–Crippen MR) is 75.1 cm³/mol. The second-order valence-corrected chi connectivity index (χ2v) is 4.46. The van der Waals surface area contributed by atoms with Gasteiger partial charge in [-0.1, -0.05) is 18.2 Å². The zero-order chi connectivity index (χ0) is 14.1. The van der Waals surface area contributed by atoms with Gasteiger partial charge in [0.25, 0.3) is 0 Å². The first-order valence-corrected chi connectivity index (χ1v) is 6.06. The lowest BCUT2D eigenvalue weighted by molar-refractivity contribution is 0.518. The molecule has 0 aliphatic carbocycles. The summed E-state index contributed by atoms with van der Waals surface area (Å²) in [7, 11) is 0. The molecule has 0 atom stereocenters. The molecular formula is C15H11N3O2. The van der Waals surface area contributed by atoms with E-state index in [2.05, 4.69) is 6.07 Å². The lowest BCUT2D eigenvalue weighted by Crippen LogP contribution is -2.15. The standard InChI is InChI=1S/C15H11N3O2/c16-8-10-4-6-11(7-5-10)9-18-14-12(17)2-1-3-13(14)20-15(18)19/h1-7H,9,17H2. The van der Waals surface area contributed by atoms with Gasteiger partial charge in [-0.25, -0.2) is 4.79 Å². The number of aromatic nitrogens is 1. The molecule has 0 radical (unpaired) electrons. The molecule has 0 aliphatic heterocycles. The molecule has 2 aromatic carbocycles. The van der Waals surface area contributed by atoms with Crippen molar-refractivity contribution in [3.8, 4) is 6.07 Å². The van der Waals surface area contributed by atoms with Crippen molar-refractivity contribution in [1.82, 2.24) is 4.57 Å². The Morgan fingerprint density at radius 2 is 1.95 bits per heavy atom. The topological polar surface area (TPSA) is 85.0 Å². The number of hydrogen-bond donors (Lipinski definition) is 1. The summed E-state index contributed by atoms with van der Waals surface area (Å²) in [4.78, 5) is 11.9. The second kappa shape index (κ2) is 4.59. The number of para-hydroxylation sites is 1. The van der Waals surface area contributed by atoms with Crippen molar-refractivity contribution >= 4 is 16.8 Å². The first-order valence-electron chi connectivity index (χ1n) is 6.06. The Labute approximate surface area is 114 Å². The van der Waals surface area contributed by atoms with Crippen LogP contribution >= 0.6 is 0 Å². The number of nitrogens with two attached hydrogens (primary N) is 1. The van der Waals surface area contributed by atoms with Crippen molar-refractivity contribution in [2.24, 2.45) is 0 Å². The largest absolute Gasteiger partial charge is 0.420 e. The van der Waals surface area contributed by atoms with E-state index in [1.807, 2.05) is 12.1 Å². The average Bonchev–Trinajstić information content (AvgIpc) is 2.77. The van der Waals surface area contributed by atoms with Gasteiger partial charge in [0.1, 0.15) is 5.52 Å². The number of nitriles is 1. The number of nitrogens with zero attached hydrogens (tertiary/aromatic N) is 2. The van der Waals surface area contributed by atoms with E-state index in [0.29, 0.717) is 28.9 Å². The summed E-state index contributed by atoms with van der Waals surface area (Å²) in [5, 5.41) is 8.77. The van der Waals surface area contributed by atoms with Crippen molar-refractivity contribution in [2.75, 3.05) is 5.73 Å². The molecule has 0 saturated carbocycles. The van der Waals surface area contributed by atoms with E-state index in [1.165, 1.54) is 4.57 Å². The van der Waals surface area contributed by atoms with Crippen molar-refractivity contribution in [2.45, 2.75) is 6.54 Å². The highest BCUT2D eigenvalue weighted by Gasteiger charge is 2.11. The van der Waals surface area contributed by atoms with Gasteiger partial charge in [-0.2, -0.15) is 5.26 Å². The molecule has 1 heterocycles. The normalized spacial score (nSPS) is 10.6. The second-order valence-electron chi connectivity index (χ2n) is 4.46. The van der Waals surface area contributed by atoms with Crippen LogP contribution in [0.3, 0.4) is 0 Å². The molecule has 0 bridgehead atoms. The van der Waals surface area contributed by atoms with Crippen molar-refractivity contribution in [3.05, 3.63) is 64.1 Å². The molecular weight excluding hydrogens is 254 g/mol. The van der Waals surface area contributed by atoms with Crippen LogP contribution in [0.1, 0.15) is 11.1 Å². The minimum atomic E-state index is -0.442. The number of nitrogen functional groups attached to an aromatic ring is 1. The van der Waals surface area contributed by atoms with Gasteiger partial charge in [-0.05, 0) is 29.8 Å². The Morgan fingerprint density at radius 1 is 1.20 bits per heavy atom. The van der Waals surface area contributed by atoms with Gasteiger partial charge >= 0.3 is 5.76 Å². The fraction of sp³-hybridized carbons (Fsp3) is 0.0667. The lowest BCUT2D eigenvalue weighted by atomic mass is 10.1. The SMILES string of the molecule is N#Cc1ccc(Cn2c(=O)oc3cccc(N)c32)cc1. The Morgan fingerprint density at radius 3 is 2.65 bits per heavy atom. The molecule has 20 heavy (non-hydrogen) atoms. The molecule has 1 aromatic heterocycles. The highest BCUT2D eigenvalue weighted by molar-refractivity contribution is 5.85. The Balaban J connectivity index is 2.08. The quantitative estimate of drug-likeness (QED) is 0.719. The van der Waals surface area contributed by atoms with Gasteiger partial charge in [-0.3, -0.25) is 4.57 Å².